The zero-order valence-corrected chi connectivity index (χ0v) is 21.4. The summed E-state index contributed by atoms with van der Waals surface area (Å²) >= 11 is 1.35. The van der Waals surface area contributed by atoms with Gasteiger partial charge in [-0.25, -0.2) is 9.67 Å². The maximum absolute atomic E-state index is 13.7. The molecular formula is C27H26N6O2S. The first-order valence-corrected chi connectivity index (χ1v) is 12.5. The minimum absolute atomic E-state index is 0.0625. The standard InChI is InChI=1S/C27H26N6O2S/c1-16-8-9-23(17(2)11-16)33-18(3)12-22(31-33)25-19(4)30-27-32(26(25)35)21(15-36-27)13-24(34)29-14-20-7-5-6-10-28-20/h5-12,15H,13-14H2,1-4H3,(H,29,34). The lowest BCUT2D eigenvalue weighted by Gasteiger charge is -2.09. The number of benzene rings is 1. The summed E-state index contributed by atoms with van der Waals surface area (Å²) in [6, 6.07) is 13.7. The van der Waals surface area contributed by atoms with Gasteiger partial charge in [-0.2, -0.15) is 5.10 Å². The summed E-state index contributed by atoms with van der Waals surface area (Å²) in [6.07, 6.45) is 1.75. The van der Waals surface area contributed by atoms with Crippen LogP contribution in [0.2, 0.25) is 0 Å². The molecule has 0 aliphatic heterocycles. The number of aromatic nitrogens is 5. The molecule has 0 fully saturated rings. The Morgan fingerprint density at radius 2 is 1.92 bits per heavy atom. The first-order chi connectivity index (χ1) is 17.3. The summed E-state index contributed by atoms with van der Waals surface area (Å²) in [5.74, 6) is -0.190. The fourth-order valence-corrected chi connectivity index (χ4v) is 5.25. The number of rotatable bonds is 6. The highest BCUT2D eigenvalue weighted by Crippen LogP contribution is 2.25. The van der Waals surface area contributed by atoms with Crippen LogP contribution in [0.15, 0.2) is 58.8 Å². The van der Waals surface area contributed by atoms with Gasteiger partial charge in [0.2, 0.25) is 5.91 Å². The van der Waals surface area contributed by atoms with E-state index in [0.29, 0.717) is 34.2 Å². The van der Waals surface area contributed by atoms with E-state index in [4.69, 9.17) is 5.10 Å². The molecule has 0 aliphatic carbocycles. The SMILES string of the molecule is Cc1ccc(-n2nc(-c3c(C)nc4scc(CC(=O)NCc5ccccn5)n4c3=O)cc2C)c(C)c1. The molecule has 5 rings (SSSR count). The van der Waals surface area contributed by atoms with Crippen LogP contribution in [0.25, 0.3) is 21.9 Å². The van der Waals surface area contributed by atoms with Gasteiger partial charge in [-0.05, 0) is 57.5 Å². The van der Waals surface area contributed by atoms with E-state index in [-0.39, 0.29) is 17.9 Å². The quantitative estimate of drug-likeness (QED) is 0.380. The predicted molar refractivity (Wildman–Crippen MR) is 141 cm³/mol. The summed E-state index contributed by atoms with van der Waals surface area (Å²) in [5.41, 5.74) is 6.92. The lowest BCUT2D eigenvalue weighted by Crippen LogP contribution is -2.27. The predicted octanol–water partition coefficient (Wildman–Crippen LogP) is 4.10. The van der Waals surface area contributed by atoms with Crippen LogP contribution < -0.4 is 10.9 Å². The van der Waals surface area contributed by atoms with Crippen LogP contribution in [0.4, 0.5) is 0 Å². The van der Waals surface area contributed by atoms with Crippen molar-refractivity contribution in [3.05, 3.63) is 98.3 Å². The minimum Gasteiger partial charge on any atom is -0.350 e. The number of thiazole rings is 1. The van der Waals surface area contributed by atoms with E-state index in [1.807, 2.05) is 67.2 Å². The molecule has 182 valence electrons. The summed E-state index contributed by atoms with van der Waals surface area (Å²) in [6.45, 7) is 8.22. The molecule has 1 amide bonds. The smallest absolute Gasteiger partial charge is 0.268 e. The number of pyridine rings is 1. The summed E-state index contributed by atoms with van der Waals surface area (Å²) < 4.78 is 3.39. The second kappa shape index (κ2) is 9.50. The molecule has 0 radical (unpaired) electrons. The third-order valence-electron chi connectivity index (χ3n) is 6.08. The average molecular weight is 499 g/mol. The Bertz CT molecular complexity index is 1650. The lowest BCUT2D eigenvalue weighted by molar-refractivity contribution is -0.120. The largest absolute Gasteiger partial charge is 0.350 e. The highest BCUT2D eigenvalue weighted by molar-refractivity contribution is 7.15. The van der Waals surface area contributed by atoms with Crippen molar-refractivity contribution in [1.82, 2.24) is 29.5 Å². The van der Waals surface area contributed by atoms with Crippen LogP contribution in [-0.2, 0) is 17.8 Å². The molecular weight excluding hydrogens is 472 g/mol. The fraction of sp³-hybridized carbons (Fsp3) is 0.222. The van der Waals surface area contributed by atoms with E-state index < -0.39 is 0 Å². The molecule has 0 spiro atoms. The number of aryl methyl sites for hydroxylation is 4. The first-order valence-electron chi connectivity index (χ1n) is 11.6. The van der Waals surface area contributed by atoms with Gasteiger partial charge in [0, 0.05) is 23.0 Å². The van der Waals surface area contributed by atoms with Crippen LogP contribution in [0, 0.1) is 27.7 Å². The van der Waals surface area contributed by atoms with E-state index in [1.54, 1.807) is 6.20 Å². The molecule has 0 aliphatic rings. The fourth-order valence-electron chi connectivity index (χ4n) is 4.33. The van der Waals surface area contributed by atoms with E-state index in [9.17, 15) is 9.59 Å². The molecule has 4 heterocycles. The van der Waals surface area contributed by atoms with Gasteiger partial charge >= 0.3 is 0 Å². The van der Waals surface area contributed by atoms with Gasteiger partial charge in [0.25, 0.3) is 5.56 Å². The molecule has 5 aromatic rings. The topological polar surface area (TPSA) is 94.2 Å². The van der Waals surface area contributed by atoms with Gasteiger partial charge in [-0.15, -0.1) is 11.3 Å². The number of fused-ring (bicyclic) bond motifs is 1. The van der Waals surface area contributed by atoms with Gasteiger partial charge in [0.05, 0.1) is 35.6 Å². The molecule has 1 N–H and O–H groups in total. The molecule has 0 bridgehead atoms. The number of carbonyl (C=O) groups is 1. The normalized spacial score (nSPS) is 11.2. The van der Waals surface area contributed by atoms with E-state index in [0.717, 1.165) is 22.6 Å². The van der Waals surface area contributed by atoms with E-state index >= 15 is 0 Å². The van der Waals surface area contributed by atoms with Crippen LogP contribution in [0.1, 0.15) is 33.9 Å². The molecule has 4 aromatic heterocycles. The Balaban J connectivity index is 1.49. The second-order valence-corrected chi connectivity index (χ2v) is 9.71. The Labute approximate surface area is 212 Å². The zero-order chi connectivity index (χ0) is 25.4. The van der Waals surface area contributed by atoms with Crippen molar-refractivity contribution in [2.45, 2.75) is 40.7 Å². The number of amides is 1. The molecule has 1 aromatic carbocycles. The maximum atomic E-state index is 13.7. The Hall–Kier alpha value is -4.11. The van der Waals surface area contributed by atoms with Crippen molar-refractivity contribution in [2.75, 3.05) is 0 Å². The monoisotopic (exact) mass is 498 g/mol. The van der Waals surface area contributed by atoms with E-state index in [1.165, 1.54) is 21.3 Å². The minimum atomic E-state index is -0.225. The van der Waals surface area contributed by atoms with Crippen molar-refractivity contribution in [1.29, 1.82) is 0 Å². The van der Waals surface area contributed by atoms with Crippen molar-refractivity contribution in [2.24, 2.45) is 0 Å². The van der Waals surface area contributed by atoms with Gasteiger partial charge in [-0.1, -0.05) is 23.8 Å². The molecule has 0 unspecified atom stereocenters. The molecule has 9 heteroatoms. The average Bonchev–Trinajstić information content (AvgIpc) is 3.41. The van der Waals surface area contributed by atoms with Gasteiger partial charge in [0.1, 0.15) is 5.69 Å². The van der Waals surface area contributed by atoms with Crippen molar-refractivity contribution in [3.8, 4) is 16.9 Å². The number of carbonyl (C=O) groups excluding carboxylic acids is 1. The highest BCUT2D eigenvalue weighted by atomic mass is 32.1. The molecule has 0 saturated heterocycles. The molecule has 36 heavy (non-hydrogen) atoms. The van der Waals surface area contributed by atoms with Gasteiger partial charge in [0.15, 0.2) is 4.96 Å². The van der Waals surface area contributed by atoms with Gasteiger partial charge in [-0.3, -0.25) is 19.0 Å². The van der Waals surface area contributed by atoms with Crippen LogP contribution in [0.5, 0.6) is 0 Å². The van der Waals surface area contributed by atoms with Crippen molar-refractivity contribution >= 4 is 22.2 Å². The third kappa shape index (κ3) is 4.45. The Kier molecular flexibility index (Phi) is 6.24. The molecule has 8 nitrogen and oxygen atoms in total. The maximum Gasteiger partial charge on any atom is 0.268 e. The van der Waals surface area contributed by atoms with Crippen LogP contribution in [0.3, 0.4) is 0 Å². The van der Waals surface area contributed by atoms with Gasteiger partial charge < -0.3 is 5.32 Å². The molecule has 0 atom stereocenters. The van der Waals surface area contributed by atoms with Crippen LogP contribution in [-0.4, -0.2) is 30.1 Å². The number of hydrogen-bond acceptors (Lipinski definition) is 6. The Morgan fingerprint density at radius 3 is 2.67 bits per heavy atom. The third-order valence-corrected chi connectivity index (χ3v) is 6.95. The zero-order valence-electron chi connectivity index (χ0n) is 20.6. The Morgan fingerprint density at radius 1 is 1.08 bits per heavy atom. The number of nitrogens with zero attached hydrogens (tertiary/aromatic N) is 5. The number of hydrogen-bond donors (Lipinski definition) is 1. The first kappa shape index (κ1) is 23.6. The van der Waals surface area contributed by atoms with E-state index in [2.05, 4.69) is 28.3 Å². The highest BCUT2D eigenvalue weighted by Gasteiger charge is 2.20. The second-order valence-electron chi connectivity index (χ2n) is 8.87. The lowest BCUT2D eigenvalue weighted by atomic mass is 10.1. The number of nitrogens with one attached hydrogen (secondary N) is 1. The summed E-state index contributed by atoms with van der Waals surface area (Å²) in [5, 5.41) is 9.47. The van der Waals surface area contributed by atoms with Crippen molar-refractivity contribution < 1.29 is 4.79 Å². The molecule has 0 saturated carbocycles. The summed E-state index contributed by atoms with van der Waals surface area (Å²) in [4.78, 5) is 35.8. The van der Waals surface area contributed by atoms with Crippen molar-refractivity contribution in [3.63, 3.8) is 0 Å². The van der Waals surface area contributed by atoms with Crippen LogP contribution >= 0.6 is 11.3 Å². The summed E-state index contributed by atoms with van der Waals surface area (Å²) in [7, 11) is 0.